The van der Waals surface area contributed by atoms with Gasteiger partial charge in [0.1, 0.15) is 0 Å². The van der Waals surface area contributed by atoms with E-state index in [1.54, 1.807) is 0 Å². The van der Waals surface area contributed by atoms with E-state index in [1.807, 2.05) is 0 Å². The summed E-state index contributed by atoms with van der Waals surface area (Å²) in [7, 11) is 0. The van der Waals surface area contributed by atoms with Crippen LogP contribution in [0.1, 0.15) is 54.5 Å². The van der Waals surface area contributed by atoms with Gasteiger partial charge in [-0.25, -0.2) is 0 Å². The van der Waals surface area contributed by atoms with Gasteiger partial charge in [-0.15, -0.1) is 0 Å². The fourth-order valence-corrected chi connectivity index (χ4v) is 2.90. The average Bonchev–Trinajstić information content (AvgIpc) is 2.51. The molecule has 2 aromatic carbocycles. The molecule has 0 aliphatic carbocycles. The molecule has 0 saturated heterocycles. The van der Waals surface area contributed by atoms with Gasteiger partial charge in [-0.2, -0.15) is 0 Å². The Kier molecular flexibility index (Phi) is 5.58. The van der Waals surface area contributed by atoms with Crippen molar-refractivity contribution in [2.24, 2.45) is 0 Å². The fraction of sp³-hybridized carbons (Fsp3) is 0.400. The van der Waals surface area contributed by atoms with Crippen molar-refractivity contribution in [3.05, 3.63) is 70.8 Å². The Morgan fingerprint density at radius 1 is 1.00 bits per heavy atom. The number of aryl methyl sites for hydroxylation is 2. The molecule has 0 radical (unpaired) electrons. The third-order valence-electron chi connectivity index (χ3n) is 4.21. The molecule has 1 heteroatoms. The van der Waals surface area contributed by atoms with E-state index in [4.69, 9.17) is 0 Å². The molecule has 112 valence electrons. The van der Waals surface area contributed by atoms with Gasteiger partial charge in [0, 0.05) is 12.0 Å². The van der Waals surface area contributed by atoms with Crippen LogP contribution in [0.5, 0.6) is 0 Å². The molecule has 0 aliphatic heterocycles. The lowest BCUT2D eigenvalue weighted by Gasteiger charge is -2.28. The number of benzene rings is 2. The zero-order valence-corrected chi connectivity index (χ0v) is 13.7. The fourth-order valence-electron chi connectivity index (χ4n) is 2.90. The lowest BCUT2D eigenvalue weighted by molar-refractivity contribution is 0.464. The predicted molar refractivity (Wildman–Crippen MR) is 91.8 cm³/mol. The Hall–Kier alpha value is -1.60. The Morgan fingerprint density at radius 3 is 2.38 bits per heavy atom. The minimum atomic E-state index is 0.368. The lowest BCUT2D eigenvalue weighted by Crippen LogP contribution is -2.27. The van der Waals surface area contributed by atoms with Gasteiger partial charge in [0.2, 0.25) is 0 Å². The van der Waals surface area contributed by atoms with E-state index in [9.17, 15) is 0 Å². The maximum absolute atomic E-state index is 3.75. The summed E-state index contributed by atoms with van der Waals surface area (Å²) >= 11 is 0. The molecule has 2 aromatic rings. The zero-order chi connectivity index (χ0) is 15.2. The van der Waals surface area contributed by atoms with E-state index in [2.05, 4.69) is 81.5 Å². The highest BCUT2D eigenvalue weighted by atomic mass is 14.9. The minimum Gasteiger partial charge on any atom is -0.309 e. The molecule has 0 fully saturated rings. The van der Waals surface area contributed by atoms with Gasteiger partial charge >= 0.3 is 0 Å². The Balaban J connectivity index is 2.36. The summed E-state index contributed by atoms with van der Waals surface area (Å²) < 4.78 is 0. The molecule has 1 N–H and O–H groups in total. The summed E-state index contributed by atoms with van der Waals surface area (Å²) in [5, 5.41) is 3.75. The van der Waals surface area contributed by atoms with Crippen molar-refractivity contribution in [1.29, 1.82) is 0 Å². The van der Waals surface area contributed by atoms with E-state index in [-0.39, 0.29) is 0 Å². The second-order valence-corrected chi connectivity index (χ2v) is 5.99. The molecule has 1 nitrogen and oxygen atoms in total. The van der Waals surface area contributed by atoms with Crippen LogP contribution in [-0.4, -0.2) is 6.54 Å². The van der Waals surface area contributed by atoms with Crippen LogP contribution in [0.2, 0.25) is 0 Å². The molecule has 0 bridgehead atoms. The molecule has 2 unspecified atom stereocenters. The molecule has 0 amide bonds. The average molecular weight is 281 g/mol. The molecule has 21 heavy (non-hydrogen) atoms. The van der Waals surface area contributed by atoms with E-state index < -0.39 is 0 Å². The summed E-state index contributed by atoms with van der Waals surface area (Å²) in [6.45, 7) is 9.99. The van der Waals surface area contributed by atoms with Crippen LogP contribution in [-0.2, 0) is 0 Å². The van der Waals surface area contributed by atoms with Crippen LogP contribution in [0.15, 0.2) is 48.5 Å². The molecule has 0 heterocycles. The predicted octanol–water partition coefficient (Wildman–Crippen LogP) is 5.15. The molecule has 0 aliphatic rings. The third-order valence-corrected chi connectivity index (χ3v) is 4.21. The standard InChI is InChI=1S/C20H27N/c1-5-13-21-20(17(4)18-9-7-6-8-10-18)19-14-15(2)11-12-16(19)3/h6-12,14,17,20-21H,5,13H2,1-4H3. The Bertz CT molecular complexity index is 559. The molecule has 0 aromatic heterocycles. The highest BCUT2D eigenvalue weighted by Crippen LogP contribution is 2.32. The highest BCUT2D eigenvalue weighted by molar-refractivity contribution is 5.36. The normalized spacial score (nSPS) is 13.9. The van der Waals surface area contributed by atoms with E-state index >= 15 is 0 Å². The second-order valence-electron chi connectivity index (χ2n) is 5.99. The number of hydrogen-bond donors (Lipinski definition) is 1. The molecule has 2 atom stereocenters. The number of rotatable bonds is 6. The van der Waals surface area contributed by atoms with Gasteiger partial charge < -0.3 is 5.32 Å². The van der Waals surface area contributed by atoms with Crippen LogP contribution in [0.25, 0.3) is 0 Å². The molecule has 2 rings (SSSR count). The van der Waals surface area contributed by atoms with Gasteiger partial charge in [0.25, 0.3) is 0 Å². The molecule has 0 spiro atoms. The monoisotopic (exact) mass is 281 g/mol. The Morgan fingerprint density at radius 2 is 1.71 bits per heavy atom. The SMILES string of the molecule is CCCNC(c1cc(C)ccc1C)C(C)c1ccccc1. The zero-order valence-electron chi connectivity index (χ0n) is 13.7. The van der Waals surface area contributed by atoms with Gasteiger partial charge in [0.05, 0.1) is 0 Å². The van der Waals surface area contributed by atoms with E-state index in [0.29, 0.717) is 12.0 Å². The highest BCUT2D eigenvalue weighted by Gasteiger charge is 2.21. The van der Waals surface area contributed by atoms with Crippen molar-refractivity contribution in [3.8, 4) is 0 Å². The van der Waals surface area contributed by atoms with Crippen molar-refractivity contribution in [2.75, 3.05) is 6.54 Å². The lowest BCUT2D eigenvalue weighted by atomic mass is 9.86. The molecular weight excluding hydrogens is 254 g/mol. The van der Waals surface area contributed by atoms with E-state index in [1.165, 1.54) is 22.3 Å². The van der Waals surface area contributed by atoms with Gasteiger partial charge in [-0.3, -0.25) is 0 Å². The first-order valence-corrected chi connectivity index (χ1v) is 7.99. The second kappa shape index (κ2) is 7.42. The minimum absolute atomic E-state index is 0.368. The van der Waals surface area contributed by atoms with Crippen molar-refractivity contribution >= 4 is 0 Å². The summed E-state index contributed by atoms with van der Waals surface area (Å²) in [4.78, 5) is 0. The van der Waals surface area contributed by atoms with Crippen molar-refractivity contribution < 1.29 is 0 Å². The largest absolute Gasteiger partial charge is 0.309 e. The summed E-state index contributed by atoms with van der Waals surface area (Å²) in [5.74, 6) is 0.457. The first-order chi connectivity index (χ1) is 10.1. The van der Waals surface area contributed by atoms with E-state index in [0.717, 1.165) is 13.0 Å². The maximum atomic E-state index is 3.75. The summed E-state index contributed by atoms with van der Waals surface area (Å²) in [5.41, 5.74) is 5.53. The van der Waals surface area contributed by atoms with Gasteiger partial charge in [0.15, 0.2) is 0 Å². The molecule has 0 saturated carbocycles. The molecular formula is C20H27N. The third kappa shape index (κ3) is 3.95. The summed E-state index contributed by atoms with van der Waals surface area (Å²) in [6.07, 6.45) is 1.16. The van der Waals surface area contributed by atoms with Crippen molar-refractivity contribution in [3.63, 3.8) is 0 Å². The number of hydrogen-bond acceptors (Lipinski definition) is 1. The van der Waals surface area contributed by atoms with Crippen LogP contribution in [0, 0.1) is 13.8 Å². The first kappa shape index (κ1) is 15.8. The van der Waals surface area contributed by atoms with Crippen molar-refractivity contribution in [1.82, 2.24) is 5.32 Å². The smallest absolute Gasteiger partial charge is 0.0389 e. The first-order valence-electron chi connectivity index (χ1n) is 7.99. The van der Waals surface area contributed by atoms with Crippen molar-refractivity contribution in [2.45, 2.75) is 46.1 Å². The Labute approximate surface area is 129 Å². The van der Waals surface area contributed by atoms with Gasteiger partial charge in [-0.1, -0.05) is 67.9 Å². The van der Waals surface area contributed by atoms with Crippen LogP contribution >= 0.6 is 0 Å². The maximum Gasteiger partial charge on any atom is 0.0389 e. The van der Waals surface area contributed by atoms with Gasteiger partial charge in [-0.05, 0) is 43.5 Å². The van der Waals surface area contributed by atoms with Crippen LogP contribution in [0.4, 0.5) is 0 Å². The van der Waals surface area contributed by atoms with Crippen LogP contribution < -0.4 is 5.32 Å². The quantitative estimate of drug-likeness (QED) is 0.772. The topological polar surface area (TPSA) is 12.0 Å². The number of nitrogens with one attached hydrogen (secondary N) is 1. The summed E-state index contributed by atoms with van der Waals surface area (Å²) in [6, 6.07) is 18.0. The van der Waals surface area contributed by atoms with Crippen LogP contribution in [0.3, 0.4) is 0 Å².